The lowest BCUT2D eigenvalue weighted by Crippen LogP contribution is -2.31. The Bertz CT molecular complexity index is 966. The molecule has 6 nitrogen and oxygen atoms in total. The van der Waals surface area contributed by atoms with Crippen molar-refractivity contribution in [2.24, 2.45) is 0 Å². The van der Waals surface area contributed by atoms with Crippen molar-refractivity contribution < 1.29 is 32.6 Å². The minimum atomic E-state index is -4.42. The number of nitrogens with zero attached hydrogens (tertiary/aromatic N) is 2. The molecule has 2 aromatic carbocycles. The molecule has 1 aliphatic rings. The Balaban J connectivity index is 1.71. The fraction of sp³-hybridized carbons (Fsp3) is 0.364. The summed E-state index contributed by atoms with van der Waals surface area (Å²) in [6.45, 7) is 6.20. The highest BCUT2D eigenvalue weighted by Crippen LogP contribution is 2.32. The Morgan fingerprint density at radius 2 is 1.71 bits per heavy atom. The van der Waals surface area contributed by atoms with Crippen LogP contribution in [0.2, 0.25) is 0 Å². The van der Waals surface area contributed by atoms with Gasteiger partial charge in [0, 0.05) is 25.3 Å². The number of hydrogen-bond donors (Lipinski definition) is 1. The lowest BCUT2D eigenvalue weighted by Gasteiger charge is -2.21. The summed E-state index contributed by atoms with van der Waals surface area (Å²) in [7, 11) is 0. The van der Waals surface area contributed by atoms with Crippen LogP contribution in [0.15, 0.2) is 36.4 Å². The summed E-state index contributed by atoms with van der Waals surface area (Å²) in [6, 6.07) is 7.93. The molecule has 166 valence electrons. The highest BCUT2D eigenvalue weighted by atomic mass is 19.4. The summed E-state index contributed by atoms with van der Waals surface area (Å²) in [5.74, 6) is -0.563. The largest absolute Gasteiger partial charge is 0.479 e. The molecule has 0 bridgehead atoms. The summed E-state index contributed by atoms with van der Waals surface area (Å²) in [4.78, 5) is 26.9. The molecule has 3 rings (SSSR count). The highest BCUT2D eigenvalue weighted by molar-refractivity contribution is 5.94. The van der Waals surface area contributed by atoms with Crippen LogP contribution in [0, 0.1) is 13.8 Å². The Kier molecular flexibility index (Phi) is 6.15. The number of halogens is 3. The zero-order valence-electron chi connectivity index (χ0n) is 17.4. The van der Waals surface area contributed by atoms with E-state index in [1.54, 1.807) is 18.7 Å². The van der Waals surface area contributed by atoms with E-state index < -0.39 is 23.8 Å². The van der Waals surface area contributed by atoms with E-state index in [-0.39, 0.29) is 6.03 Å². The van der Waals surface area contributed by atoms with Crippen molar-refractivity contribution in [3.8, 4) is 5.75 Å². The Hall–Kier alpha value is -3.23. The molecule has 1 aliphatic heterocycles. The van der Waals surface area contributed by atoms with E-state index in [1.807, 2.05) is 12.1 Å². The van der Waals surface area contributed by atoms with Crippen LogP contribution in [0.3, 0.4) is 0 Å². The zero-order chi connectivity index (χ0) is 22.9. The number of rotatable bonds is 6. The summed E-state index contributed by atoms with van der Waals surface area (Å²) in [5.41, 5.74) is 2.03. The molecule has 0 radical (unpaired) electrons. The third kappa shape index (κ3) is 4.92. The average Bonchev–Trinajstić information content (AvgIpc) is 3.04. The van der Waals surface area contributed by atoms with Gasteiger partial charge in [0.1, 0.15) is 5.75 Å². The predicted molar refractivity (Wildman–Crippen MR) is 108 cm³/mol. The molecule has 2 aromatic rings. The number of aryl methyl sites for hydroxylation is 2. The maximum atomic E-state index is 12.8. The molecule has 1 atom stereocenters. The monoisotopic (exact) mass is 436 g/mol. The smallest absolute Gasteiger partial charge is 0.416 e. The van der Waals surface area contributed by atoms with Crippen LogP contribution in [0.1, 0.15) is 29.2 Å². The second-order valence-electron chi connectivity index (χ2n) is 7.56. The molecule has 0 aromatic heterocycles. The first-order valence-electron chi connectivity index (χ1n) is 9.70. The van der Waals surface area contributed by atoms with Gasteiger partial charge in [0.2, 0.25) is 0 Å². The second kappa shape index (κ2) is 8.49. The van der Waals surface area contributed by atoms with E-state index in [0.29, 0.717) is 31.1 Å². The topological polar surface area (TPSA) is 70.1 Å². The van der Waals surface area contributed by atoms with E-state index in [0.717, 1.165) is 28.8 Å². The minimum Gasteiger partial charge on any atom is -0.479 e. The molecule has 31 heavy (non-hydrogen) atoms. The summed E-state index contributed by atoms with van der Waals surface area (Å²) < 4.78 is 43.8. The third-order valence-electron chi connectivity index (χ3n) is 5.14. The van der Waals surface area contributed by atoms with Gasteiger partial charge in [-0.2, -0.15) is 13.2 Å². The third-order valence-corrected chi connectivity index (χ3v) is 5.14. The average molecular weight is 436 g/mol. The van der Waals surface area contributed by atoms with Crippen molar-refractivity contribution in [1.29, 1.82) is 0 Å². The van der Waals surface area contributed by atoms with Gasteiger partial charge in [0.05, 0.1) is 5.56 Å². The summed E-state index contributed by atoms with van der Waals surface area (Å²) in [6.07, 6.45) is -5.41. The van der Waals surface area contributed by atoms with Crippen LogP contribution in [0.25, 0.3) is 0 Å². The van der Waals surface area contributed by atoms with E-state index in [1.165, 1.54) is 24.0 Å². The van der Waals surface area contributed by atoms with Gasteiger partial charge in [0.15, 0.2) is 6.10 Å². The number of carboxylic acids is 1. The number of alkyl halides is 3. The highest BCUT2D eigenvalue weighted by Gasteiger charge is 2.32. The number of carbonyl (C=O) groups excluding carboxylic acids is 1. The molecule has 1 unspecified atom stereocenters. The van der Waals surface area contributed by atoms with Gasteiger partial charge in [-0.05, 0) is 61.7 Å². The molecule has 1 heterocycles. The SMILES string of the molecule is Cc1cc(CN2CCN(c3ccc(C(F)(F)F)cc3)C2=O)cc(C)c1OC(C)C(=O)O. The quantitative estimate of drug-likeness (QED) is 0.718. The van der Waals surface area contributed by atoms with Gasteiger partial charge in [-0.1, -0.05) is 12.1 Å². The van der Waals surface area contributed by atoms with Gasteiger partial charge < -0.3 is 14.7 Å². The molecular weight excluding hydrogens is 413 g/mol. The molecule has 1 N–H and O–H groups in total. The van der Waals surface area contributed by atoms with Crippen LogP contribution in [0.5, 0.6) is 5.75 Å². The maximum Gasteiger partial charge on any atom is 0.416 e. The van der Waals surface area contributed by atoms with Gasteiger partial charge in [-0.3, -0.25) is 4.90 Å². The van der Waals surface area contributed by atoms with Crippen molar-refractivity contribution in [1.82, 2.24) is 4.90 Å². The standard InChI is InChI=1S/C22H23F3N2O4/c1-13-10-16(11-14(2)19(13)31-15(3)20(28)29)12-26-8-9-27(21(26)30)18-6-4-17(5-7-18)22(23,24)25/h4-7,10-11,15H,8-9,12H2,1-3H3,(H,28,29). The first-order valence-corrected chi connectivity index (χ1v) is 9.70. The Labute approximate surface area is 177 Å². The molecule has 1 fully saturated rings. The lowest BCUT2D eigenvalue weighted by atomic mass is 10.1. The van der Waals surface area contributed by atoms with Gasteiger partial charge in [0.25, 0.3) is 0 Å². The van der Waals surface area contributed by atoms with Crippen molar-refractivity contribution in [3.05, 3.63) is 58.7 Å². The van der Waals surface area contributed by atoms with E-state index in [9.17, 15) is 22.8 Å². The number of amides is 2. The second-order valence-corrected chi connectivity index (χ2v) is 7.56. The maximum absolute atomic E-state index is 12.8. The van der Waals surface area contributed by atoms with E-state index in [4.69, 9.17) is 9.84 Å². The number of carbonyl (C=O) groups is 2. The summed E-state index contributed by atoms with van der Waals surface area (Å²) in [5, 5.41) is 9.04. The number of hydrogen-bond acceptors (Lipinski definition) is 3. The molecule has 1 saturated heterocycles. The van der Waals surface area contributed by atoms with Crippen LogP contribution in [-0.4, -0.2) is 41.2 Å². The van der Waals surface area contributed by atoms with Crippen LogP contribution < -0.4 is 9.64 Å². The van der Waals surface area contributed by atoms with Crippen molar-refractivity contribution in [2.45, 2.75) is 39.6 Å². The van der Waals surface area contributed by atoms with Gasteiger partial charge in [-0.25, -0.2) is 9.59 Å². The summed E-state index contributed by atoms with van der Waals surface area (Å²) >= 11 is 0. The lowest BCUT2D eigenvalue weighted by molar-refractivity contribution is -0.144. The molecule has 0 aliphatic carbocycles. The van der Waals surface area contributed by atoms with Crippen LogP contribution in [0.4, 0.5) is 23.7 Å². The predicted octanol–water partition coefficient (Wildman–Crippen LogP) is 4.62. The van der Waals surface area contributed by atoms with Crippen molar-refractivity contribution >= 4 is 17.7 Å². The molecule has 0 spiro atoms. The molecule has 9 heteroatoms. The minimum absolute atomic E-state index is 0.283. The van der Waals surface area contributed by atoms with E-state index in [2.05, 4.69) is 0 Å². The molecule has 0 saturated carbocycles. The first-order chi connectivity index (χ1) is 14.5. The number of carboxylic acid groups (broad SMARTS) is 1. The van der Waals surface area contributed by atoms with Gasteiger partial charge >= 0.3 is 18.2 Å². The number of benzene rings is 2. The van der Waals surface area contributed by atoms with Crippen molar-refractivity contribution in [3.63, 3.8) is 0 Å². The number of anilines is 1. The number of urea groups is 1. The zero-order valence-corrected chi connectivity index (χ0v) is 17.4. The number of ether oxygens (including phenoxy) is 1. The van der Waals surface area contributed by atoms with Crippen LogP contribution in [-0.2, 0) is 17.5 Å². The molecule has 2 amide bonds. The fourth-order valence-electron chi connectivity index (χ4n) is 3.56. The van der Waals surface area contributed by atoms with Crippen LogP contribution >= 0.6 is 0 Å². The first kappa shape index (κ1) is 22.5. The van der Waals surface area contributed by atoms with Gasteiger partial charge in [-0.15, -0.1) is 0 Å². The molecular formula is C22H23F3N2O4. The Morgan fingerprint density at radius 3 is 2.23 bits per heavy atom. The normalized spacial score (nSPS) is 15.4. The van der Waals surface area contributed by atoms with E-state index >= 15 is 0 Å². The van der Waals surface area contributed by atoms with Crippen molar-refractivity contribution in [2.75, 3.05) is 18.0 Å². The Morgan fingerprint density at radius 1 is 1.13 bits per heavy atom. The number of aliphatic carboxylic acids is 1. The fourth-order valence-corrected chi connectivity index (χ4v) is 3.56.